The van der Waals surface area contributed by atoms with E-state index in [0.29, 0.717) is 6.61 Å². The van der Waals surface area contributed by atoms with Crippen LogP contribution in [0.4, 0.5) is 17.1 Å². The van der Waals surface area contributed by atoms with Crippen molar-refractivity contribution < 1.29 is 4.74 Å². The van der Waals surface area contributed by atoms with Crippen molar-refractivity contribution in [1.29, 1.82) is 0 Å². The third-order valence-corrected chi connectivity index (χ3v) is 3.36. The molecule has 0 aliphatic heterocycles. The zero-order valence-electron chi connectivity index (χ0n) is 13.1. The summed E-state index contributed by atoms with van der Waals surface area (Å²) in [6.45, 7) is 7.91. The molecule has 112 valence electrons. The van der Waals surface area contributed by atoms with Crippen molar-refractivity contribution in [3.05, 3.63) is 48.0 Å². The fourth-order valence-corrected chi connectivity index (χ4v) is 2.30. The Hall–Kier alpha value is -2.16. The molecule has 2 N–H and O–H groups in total. The normalized spacial score (nSPS) is 10.4. The Morgan fingerprint density at radius 1 is 1.00 bits per heavy atom. The van der Waals surface area contributed by atoms with E-state index < -0.39 is 0 Å². The van der Waals surface area contributed by atoms with Gasteiger partial charge in [0, 0.05) is 35.7 Å². The molecule has 0 bridgehead atoms. The first-order valence-electron chi connectivity index (χ1n) is 7.51. The molecule has 2 rings (SSSR count). The lowest BCUT2D eigenvalue weighted by atomic mass is 10.2. The van der Waals surface area contributed by atoms with Gasteiger partial charge < -0.3 is 15.4 Å². The van der Waals surface area contributed by atoms with E-state index in [1.54, 1.807) is 0 Å². The molecule has 2 aromatic rings. The van der Waals surface area contributed by atoms with Crippen LogP contribution in [0.25, 0.3) is 0 Å². The summed E-state index contributed by atoms with van der Waals surface area (Å²) in [5.74, 6) is 0.831. The lowest BCUT2D eigenvalue weighted by Gasteiger charge is -2.24. The molecule has 0 fully saturated rings. The molecule has 3 nitrogen and oxygen atoms in total. The molecular formula is C18H24N2O. The predicted octanol–water partition coefficient (Wildman–Crippen LogP) is 4.52. The van der Waals surface area contributed by atoms with Gasteiger partial charge in [0.05, 0.1) is 6.61 Å². The molecule has 2 aromatic carbocycles. The molecule has 0 radical (unpaired) electrons. The first-order chi connectivity index (χ1) is 10.1. The zero-order chi connectivity index (χ0) is 15.2. The van der Waals surface area contributed by atoms with Crippen LogP contribution >= 0.6 is 0 Å². The summed E-state index contributed by atoms with van der Waals surface area (Å²) in [6.07, 6.45) is 0.986. The largest absolute Gasteiger partial charge is 0.493 e. The average Bonchev–Trinajstić information content (AvgIpc) is 2.47. The molecule has 0 unspecified atom stereocenters. The van der Waals surface area contributed by atoms with Gasteiger partial charge in [-0.3, -0.25) is 0 Å². The summed E-state index contributed by atoms with van der Waals surface area (Å²) < 4.78 is 5.72. The van der Waals surface area contributed by atoms with Gasteiger partial charge in [-0.05, 0) is 38.5 Å². The minimum atomic E-state index is 0.708. The third-order valence-electron chi connectivity index (χ3n) is 3.36. The Morgan fingerprint density at radius 3 is 2.33 bits per heavy atom. The number of benzene rings is 2. The molecule has 3 heteroatoms. The summed E-state index contributed by atoms with van der Waals surface area (Å²) in [4.78, 5) is 2.23. The van der Waals surface area contributed by atoms with Crippen molar-refractivity contribution in [2.75, 3.05) is 23.8 Å². The van der Waals surface area contributed by atoms with Crippen molar-refractivity contribution in [2.45, 2.75) is 27.2 Å². The number of aryl methyl sites for hydroxylation is 1. The number of ether oxygens (including phenoxy) is 1. The second kappa shape index (κ2) is 7.02. The second-order valence-corrected chi connectivity index (χ2v) is 5.19. The van der Waals surface area contributed by atoms with Crippen LogP contribution < -0.4 is 15.4 Å². The van der Waals surface area contributed by atoms with E-state index in [2.05, 4.69) is 56.0 Å². The standard InChI is InChI=1S/C18H24N2O/c1-4-10-21-18-12-15(19)11-17(13-18)20(5-2)16-8-6-14(3)7-9-16/h6-9,11-13H,4-5,10,19H2,1-3H3. The fraction of sp³-hybridized carbons (Fsp3) is 0.333. The Morgan fingerprint density at radius 2 is 1.71 bits per heavy atom. The fourth-order valence-electron chi connectivity index (χ4n) is 2.30. The van der Waals surface area contributed by atoms with Crippen molar-refractivity contribution in [2.24, 2.45) is 0 Å². The van der Waals surface area contributed by atoms with Gasteiger partial charge in [-0.15, -0.1) is 0 Å². The van der Waals surface area contributed by atoms with Crippen molar-refractivity contribution in [3.63, 3.8) is 0 Å². The third kappa shape index (κ3) is 3.91. The Labute approximate surface area is 127 Å². The van der Waals surface area contributed by atoms with Gasteiger partial charge in [0.2, 0.25) is 0 Å². The van der Waals surface area contributed by atoms with E-state index >= 15 is 0 Å². The lowest BCUT2D eigenvalue weighted by molar-refractivity contribution is 0.317. The van der Waals surface area contributed by atoms with Crippen LogP contribution in [0, 0.1) is 6.92 Å². The number of nitrogens with zero attached hydrogens (tertiary/aromatic N) is 1. The smallest absolute Gasteiger partial charge is 0.123 e. The van der Waals surface area contributed by atoms with Gasteiger partial charge in [0.25, 0.3) is 0 Å². The number of nitrogens with two attached hydrogens (primary N) is 1. The highest BCUT2D eigenvalue weighted by Crippen LogP contribution is 2.31. The van der Waals surface area contributed by atoms with Crippen LogP contribution in [0.3, 0.4) is 0 Å². The molecule has 0 saturated heterocycles. The molecule has 0 atom stereocenters. The molecular weight excluding hydrogens is 260 g/mol. The summed E-state index contributed by atoms with van der Waals surface area (Å²) >= 11 is 0. The maximum atomic E-state index is 6.02. The topological polar surface area (TPSA) is 38.5 Å². The highest BCUT2D eigenvalue weighted by Gasteiger charge is 2.09. The van der Waals surface area contributed by atoms with Gasteiger partial charge in [0.1, 0.15) is 5.75 Å². The summed E-state index contributed by atoms with van der Waals surface area (Å²) in [6, 6.07) is 14.4. The monoisotopic (exact) mass is 284 g/mol. The van der Waals surface area contributed by atoms with Crippen LogP contribution in [0.2, 0.25) is 0 Å². The van der Waals surface area contributed by atoms with Crippen molar-refractivity contribution in [3.8, 4) is 5.75 Å². The summed E-state index contributed by atoms with van der Waals surface area (Å²) in [5, 5.41) is 0. The van der Waals surface area contributed by atoms with Crippen molar-refractivity contribution >= 4 is 17.1 Å². The van der Waals surface area contributed by atoms with E-state index in [4.69, 9.17) is 10.5 Å². The maximum Gasteiger partial charge on any atom is 0.123 e. The summed E-state index contributed by atoms with van der Waals surface area (Å²) in [7, 11) is 0. The zero-order valence-corrected chi connectivity index (χ0v) is 13.1. The molecule has 0 aliphatic rings. The lowest BCUT2D eigenvalue weighted by Crippen LogP contribution is -2.16. The van der Waals surface area contributed by atoms with E-state index in [-0.39, 0.29) is 0 Å². The van der Waals surface area contributed by atoms with Crippen LogP contribution in [0.5, 0.6) is 5.75 Å². The quantitative estimate of drug-likeness (QED) is 0.792. The van der Waals surface area contributed by atoms with Gasteiger partial charge >= 0.3 is 0 Å². The van der Waals surface area contributed by atoms with Crippen molar-refractivity contribution in [1.82, 2.24) is 0 Å². The number of nitrogen functional groups attached to an aromatic ring is 1. The number of anilines is 3. The Bertz CT molecular complexity index is 578. The SMILES string of the molecule is CCCOc1cc(N)cc(N(CC)c2ccc(C)cc2)c1. The molecule has 0 aliphatic carbocycles. The van der Waals surface area contributed by atoms with Gasteiger partial charge in [-0.2, -0.15) is 0 Å². The van der Waals surface area contributed by atoms with E-state index in [9.17, 15) is 0 Å². The second-order valence-electron chi connectivity index (χ2n) is 5.19. The first-order valence-corrected chi connectivity index (χ1v) is 7.51. The summed E-state index contributed by atoms with van der Waals surface area (Å²) in [5.41, 5.74) is 10.2. The average molecular weight is 284 g/mol. The highest BCUT2D eigenvalue weighted by molar-refractivity contribution is 5.68. The molecule has 0 amide bonds. The van der Waals surface area contributed by atoms with Gasteiger partial charge in [0.15, 0.2) is 0 Å². The van der Waals surface area contributed by atoms with Gasteiger partial charge in [-0.1, -0.05) is 24.6 Å². The number of rotatable bonds is 6. The van der Waals surface area contributed by atoms with E-state index in [0.717, 1.165) is 35.8 Å². The minimum Gasteiger partial charge on any atom is -0.493 e. The Kier molecular flexibility index (Phi) is 5.09. The van der Waals surface area contributed by atoms with Crippen LogP contribution in [-0.2, 0) is 0 Å². The van der Waals surface area contributed by atoms with E-state index in [1.165, 1.54) is 5.56 Å². The first kappa shape index (κ1) is 15.2. The number of hydrogen-bond acceptors (Lipinski definition) is 3. The van der Waals surface area contributed by atoms with Gasteiger partial charge in [-0.25, -0.2) is 0 Å². The molecule has 0 heterocycles. The molecule has 0 spiro atoms. The maximum absolute atomic E-state index is 6.02. The van der Waals surface area contributed by atoms with Crippen LogP contribution in [-0.4, -0.2) is 13.2 Å². The molecule has 21 heavy (non-hydrogen) atoms. The number of hydrogen-bond donors (Lipinski definition) is 1. The van der Waals surface area contributed by atoms with Crippen LogP contribution in [0.1, 0.15) is 25.8 Å². The highest BCUT2D eigenvalue weighted by atomic mass is 16.5. The minimum absolute atomic E-state index is 0.708. The molecule has 0 aromatic heterocycles. The Balaban J connectivity index is 2.32. The van der Waals surface area contributed by atoms with E-state index in [1.807, 2.05) is 12.1 Å². The predicted molar refractivity (Wildman–Crippen MR) is 90.5 cm³/mol. The molecule has 0 saturated carbocycles. The van der Waals surface area contributed by atoms with Crippen LogP contribution in [0.15, 0.2) is 42.5 Å².